The number of piperazine rings is 1. The zero-order valence-electron chi connectivity index (χ0n) is 43.1. The van der Waals surface area contributed by atoms with E-state index in [0.717, 1.165) is 22.1 Å². The predicted octanol–water partition coefficient (Wildman–Crippen LogP) is 4.99. The van der Waals surface area contributed by atoms with E-state index in [1.807, 2.05) is 37.3 Å². The number of Topliss-reactive ketones (excluding diaryl/α,β-unsaturated/α-hetero) is 1. The van der Waals surface area contributed by atoms with Crippen LogP contribution in [0.1, 0.15) is 93.2 Å². The molecule has 0 bridgehead atoms. The lowest BCUT2D eigenvalue weighted by Crippen LogP contribution is -2.53. The van der Waals surface area contributed by atoms with Gasteiger partial charge in [0.05, 0.1) is 29.0 Å². The van der Waals surface area contributed by atoms with Gasteiger partial charge in [0.15, 0.2) is 5.60 Å². The lowest BCUT2D eigenvalue weighted by atomic mass is 9.86. The number of hydrogen-bond acceptors (Lipinski definition) is 14. The molecule has 0 radical (unpaired) electrons. The normalized spacial score (nSPS) is 16.4. The molecule has 6 N–H and O–H groups in total. The highest BCUT2D eigenvalue weighted by molar-refractivity contribution is 5.99. The topological polar surface area (TPSA) is 271 Å². The Morgan fingerprint density at radius 3 is 2.21 bits per heavy atom. The summed E-state index contributed by atoms with van der Waals surface area (Å²) in [4.78, 5) is 113. The van der Waals surface area contributed by atoms with E-state index in [-0.39, 0.29) is 113 Å². The summed E-state index contributed by atoms with van der Waals surface area (Å²) < 4.78 is 18.2. The third kappa shape index (κ3) is 11.9. The second-order valence-corrected chi connectivity index (χ2v) is 19.6. The van der Waals surface area contributed by atoms with E-state index in [1.54, 1.807) is 73.9 Å². The molecule has 0 spiro atoms. The van der Waals surface area contributed by atoms with Crippen molar-refractivity contribution in [1.29, 1.82) is 0 Å². The molecule has 76 heavy (non-hydrogen) atoms. The van der Waals surface area contributed by atoms with Crippen LogP contribution >= 0.6 is 0 Å². The maximum Gasteiger partial charge on any atom is 0.415 e. The summed E-state index contributed by atoms with van der Waals surface area (Å²) in [5.41, 5.74) is 9.29. The first-order chi connectivity index (χ1) is 36.5. The standard InChI is InChI=1S/C56H64N8O12/c1-5-38-39-28-37(18-19-43(39)60-49-40(38)30-64-46(49)29-42-41(52(64)69)32-74-53(70)56(42,73)6-2)76-55(72)63-25-23-62(24-26-63)54(71)75-31-35-14-16-36(17-15-35)58-50(67)44(13-10-22-57)61-51(68)45(27-34-11-8-7-9-12-34)59-48(66)21-20-47(65)33(3)4/h7-9,11-12,14-19,28-29,33,44-45,73H,5-6,10,13,20-27,30-32,57H2,1-4H3,(H,58,67)(H,59,66)(H,61,68)/t44-,45-,56-/m0/s1. The SMILES string of the molecule is CCc1c2c(nc3ccc(OC(=O)N4CCN(C(=O)OCc5ccc(NC(=O)[C@H](CCCN)NC(=O)[C@H](Cc6ccccc6)NC(=O)CCC(=O)C(C)C)cc5)CC4)cc13)-c1cc3c(c(=O)n1C2)COC(=O)[C@]3(O)CC. The van der Waals surface area contributed by atoms with Crippen LogP contribution in [0, 0.1) is 5.92 Å². The van der Waals surface area contributed by atoms with Crippen LogP contribution in [0.3, 0.4) is 0 Å². The van der Waals surface area contributed by atoms with Crippen molar-refractivity contribution in [1.82, 2.24) is 30.0 Å². The molecule has 0 unspecified atom stereocenters. The van der Waals surface area contributed by atoms with Gasteiger partial charge >= 0.3 is 18.2 Å². The molecule has 5 heterocycles. The molecule has 400 valence electrons. The Bertz CT molecular complexity index is 3100. The van der Waals surface area contributed by atoms with E-state index in [4.69, 9.17) is 24.9 Å². The molecular formula is C56H64N8O12. The number of esters is 1. The molecule has 5 amide bonds. The molecule has 20 nitrogen and oxygen atoms in total. The number of aromatic nitrogens is 2. The molecule has 20 heteroatoms. The van der Waals surface area contributed by atoms with Crippen LogP contribution < -0.4 is 32.0 Å². The smallest absolute Gasteiger partial charge is 0.415 e. The zero-order chi connectivity index (χ0) is 54.3. The first-order valence-electron chi connectivity index (χ1n) is 25.8. The summed E-state index contributed by atoms with van der Waals surface area (Å²) in [6.45, 7) is 8.19. The van der Waals surface area contributed by atoms with Crippen molar-refractivity contribution < 1.29 is 52.9 Å². The summed E-state index contributed by atoms with van der Waals surface area (Å²) in [5.74, 6) is -2.27. The molecule has 1 fully saturated rings. The van der Waals surface area contributed by atoms with Crippen molar-refractivity contribution in [3.63, 3.8) is 0 Å². The van der Waals surface area contributed by atoms with Crippen LogP contribution in [0.15, 0.2) is 83.7 Å². The number of anilines is 1. The number of carbonyl (C=O) groups is 7. The van der Waals surface area contributed by atoms with Crippen molar-refractivity contribution in [3.8, 4) is 17.1 Å². The van der Waals surface area contributed by atoms with Gasteiger partial charge in [-0.25, -0.2) is 19.4 Å². The number of cyclic esters (lactones) is 1. The minimum absolute atomic E-state index is 0.0357. The summed E-state index contributed by atoms with van der Waals surface area (Å²) in [5, 5.41) is 20.4. The van der Waals surface area contributed by atoms with Crippen LogP contribution in [0.4, 0.5) is 15.3 Å². The second kappa shape index (κ2) is 23.7. The van der Waals surface area contributed by atoms with Gasteiger partial charge in [0.25, 0.3) is 5.56 Å². The van der Waals surface area contributed by atoms with Gasteiger partial charge in [-0.15, -0.1) is 0 Å². The third-order valence-electron chi connectivity index (χ3n) is 14.2. The number of nitrogens with one attached hydrogen (secondary N) is 3. The van der Waals surface area contributed by atoms with E-state index < -0.39 is 53.6 Å². The summed E-state index contributed by atoms with van der Waals surface area (Å²) in [6.07, 6.45) is 0.268. The molecule has 2 aromatic heterocycles. The van der Waals surface area contributed by atoms with Gasteiger partial charge in [-0.2, -0.15) is 0 Å². The molecule has 0 aliphatic carbocycles. The lowest BCUT2D eigenvalue weighted by molar-refractivity contribution is -0.172. The molecule has 3 aliphatic rings. The third-order valence-corrected chi connectivity index (χ3v) is 14.2. The maximum absolute atomic E-state index is 13.7. The molecule has 3 aliphatic heterocycles. The number of ketones is 1. The number of amides is 5. The Hall–Kier alpha value is -7.97. The summed E-state index contributed by atoms with van der Waals surface area (Å²) in [6, 6.07) is 20.6. The van der Waals surface area contributed by atoms with Crippen molar-refractivity contribution >= 4 is 58.3 Å². The van der Waals surface area contributed by atoms with Crippen LogP contribution in [-0.2, 0) is 71.6 Å². The van der Waals surface area contributed by atoms with Gasteiger partial charge in [-0.1, -0.05) is 70.2 Å². The number of fused-ring (bicyclic) bond motifs is 5. The largest absolute Gasteiger partial charge is 0.458 e. The average Bonchev–Trinajstić information content (AvgIpc) is 3.85. The first kappa shape index (κ1) is 54.3. The molecule has 1 saturated heterocycles. The minimum atomic E-state index is -1.94. The molecule has 3 atom stereocenters. The number of nitrogens with two attached hydrogens (primary N) is 1. The fraction of sp³-hybridized carbons (Fsp3) is 0.411. The monoisotopic (exact) mass is 1040 g/mol. The lowest BCUT2D eigenvalue weighted by Gasteiger charge is -2.33. The molecule has 0 saturated carbocycles. The van der Waals surface area contributed by atoms with Crippen LogP contribution in [0.5, 0.6) is 5.75 Å². The fourth-order valence-electron chi connectivity index (χ4n) is 9.71. The number of ether oxygens (including phenoxy) is 3. The highest BCUT2D eigenvalue weighted by Crippen LogP contribution is 2.41. The number of benzene rings is 3. The van der Waals surface area contributed by atoms with Crippen molar-refractivity contribution in [2.24, 2.45) is 11.7 Å². The van der Waals surface area contributed by atoms with Crippen molar-refractivity contribution in [2.45, 2.75) is 110 Å². The zero-order valence-corrected chi connectivity index (χ0v) is 43.1. The van der Waals surface area contributed by atoms with Crippen LogP contribution in [0.25, 0.3) is 22.3 Å². The quantitative estimate of drug-likeness (QED) is 0.0670. The molecular weight excluding hydrogens is 977 g/mol. The minimum Gasteiger partial charge on any atom is -0.458 e. The predicted molar refractivity (Wildman–Crippen MR) is 280 cm³/mol. The summed E-state index contributed by atoms with van der Waals surface area (Å²) >= 11 is 0. The Morgan fingerprint density at radius 2 is 1.54 bits per heavy atom. The Balaban J connectivity index is 0.825. The van der Waals surface area contributed by atoms with Gasteiger partial charge in [0.2, 0.25) is 17.7 Å². The number of nitrogens with zero attached hydrogens (tertiary/aromatic N) is 4. The van der Waals surface area contributed by atoms with E-state index >= 15 is 0 Å². The molecule has 3 aromatic carbocycles. The number of aryl methyl sites for hydroxylation is 1. The van der Waals surface area contributed by atoms with Gasteiger partial charge in [0, 0.05) is 73.6 Å². The van der Waals surface area contributed by atoms with Crippen molar-refractivity contribution in [3.05, 3.63) is 123 Å². The Morgan fingerprint density at radius 1 is 0.829 bits per heavy atom. The number of rotatable bonds is 19. The number of pyridine rings is 2. The molecule has 5 aromatic rings. The van der Waals surface area contributed by atoms with Gasteiger partial charge < -0.3 is 55.4 Å². The van der Waals surface area contributed by atoms with Crippen molar-refractivity contribution in [2.75, 3.05) is 38.0 Å². The molecule has 8 rings (SSSR count). The van der Waals surface area contributed by atoms with E-state index in [0.29, 0.717) is 46.7 Å². The second-order valence-electron chi connectivity index (χ2n) is 19.6. The van der Waals surface area contributed by atoms with E-state index in [1.165, 1.54) is 9.80 Å². The number of carbonyl (C=O) groups excluding carboxylic acids is 7. The highest BCUT2D eigenvalue weighted by atomic mass is 16.6. The van der Waals surface area contributed by atoms with E-state index in [2.05, 4.69) is 16.0 Å². The maximum atomic E-state index is 13.7. The van der Waals surface area contributed by atoms with Gasteiger partial charge in [-0.05, 0) is 85.3 Å². The fourth-order valence-corrected chi connectivity index (χ4v) is 9.71. The van der Waals surface area contributed by atoms with E-state index in [9.17, 15) is 43.5 Å². The Kier molecular flexibility index (Phi) is 16.9. The van der Waals surface area contributed by atoms with Gasteiger partial charge in [-0.3, -0.25) is 24.0 Å². The summed E-state index contributed by atoms with van der Waals surface area (Å²) in [7, 11) is 0. The number of aliphatic hydroxyl groups is 1. The average molecular weight is 1040 g/mol. The van der Waals surface area contributed by atoms with Gasteiger partial charge in [0.1, 0.15) is 36.8 Å². The van der Waals surface area contributed by atoms with Crippen LogP contribution in [0.2, 0.25) is 0 Å². The highest BCUT2D eigenvalue weighted by Gasteiger charge is 2.45. The Labute approximate surface area is 439 Å². The number of hydrogen-bond donors (Lipinski definition) is 5. The van der Waals surface area contributed by atoms with Crippen LogP contribution in [-0.4, -0.2) is 111 Å². The first-order valence-corrected chi connectivity index (χ1v) is 25.8.